The summed E-state index contributed by atoms with van der Waals surface area (Å²) in [7, 11) is 1.57. The minimum absolute atomic E-state index is 0.115. The lowest BCUT2D eigenvalue weighted by atomic mass is 10.1. The van der Waals surface area contributed by atoms with Gasteiger partial charge in [0.05, 0.1) is 5.69 Å². The molecule has 2 aromatic rings. The summed E-state index contributed by atoms with van der Waals surface area (Å²) in [6.45, 7) is 0. The molecule has 0 radical (unpaired) electrons. The van der Waals surface area contributed by atoms with Gasteiger partial charge in [-0.15, -0.1) is 22.0 Å². The number of nitrogens with zero attached hydrogens (tertiary/aromatic N) is 2. The number of carbonyl (C=O) groups is 1. The topological polar surface area (TPSA) is 87.1 Å². The molecule has 1 aromatic heterocycles. The van der Waals surface area contributed by atoms with Crippen molar-refractivity contribution in [1.82, 2.24) is 20.8 Å². The predicted octanol–water partition coefficient (Wildman–Crippen LogP) is 2.98. The Morgan fingerprint density at radius 2 is 2.00 bits per heavy atom. The number of benzene rings is 1. The number of phenolic OH excluding ortho intramolecular Hbond substituents is 1. The highest BCUT2D eigenvalue weighted by Gasteiger charge is 2.34. The Kier molecular flexibility index (Phi) is 5.64. The van der Waals surface area contributed by atoms with E-state index in [2.05, 4.69) is 20.8 Å². The van der Waals surface area contributed by atoms with Gasteiger partial charge in [0.1, 0.15) is 10.8 Å². The second-order valence-corrected chi connectivity index (χ2v) is 8.65. The Morgan fingerprint density at radius 3 is 2.64 bits per heavy atom. The molecule has 2 unspecified atom stereocenters. The van der Waals surface area contributed by atoms with Gasteiger partial charge in [-0.05, 0) is 61.6 Å². The van der Waals surface area contributed by atoms with Gasteiger partial charge in [0.2, 0.25) is 5.91 Å². The Balaban J connectivity index is 1.43. The molecule has 0 saturated carbocycles. The van der Waals surface area contributed by atoms with Crippen molar-refractivity contribution in [2.75, 3.05) is 7.05 Å². The first-order chi connectivity index (χ1) is 13.6. The van der Waals surface area contributed by atoms with Gasteiger partial charge in [0.15, 0.2) is 0 Å². The lowest BCUT2D eigenvalue weighted by Gasteiger charge is -2.28. The average molecular weight is 397 g/mol. The molecule has 7 heteroatoms. The maximum Gasteiger partial charge on any atom is 0.243 e. The molecule has 0 spiro atoms. The molecular weight excluding hydrogens is 372 g/mol. The largest absolute Gasteiger partial charge is 0.507 e. The third kappa shape index (κ3) is 4.36. The second kappa shape index (κ2) is 8.32. The van der Waals surface area contributed by atoms with Gasteiger partial charge >= 0.3 is 0 Å². The number of likely N-dealkylation sites (N-methyl/N-ethyl adjacent to an activating group) is 1. The van der Waals surface area contributed by atoms with E-state index < -0.39 is 0 Å². The van der Waals surface area contributed by atoms with Crippen molar-refractivity contribution in [3.05, 3.63) is 42.0 Å². The van der Waals surface area contributed by atoms with Crippen LogP contribution in [0.2, 0.25) is 0 Å². The van der Waals surface area contributed by atoms with E-state index in [0.717, 1.165) is 10.6 Å². The van der Waals surface area contributed by atoms with E-state index in [4.69, 9.17) is 0 Å². The number of nitrogens with one attached hydrogen (secondary N) is 2. The molecule has 1 aromatic carbocycles. The molecule has 2 atom stereocenters. The highest BCUT2D eigenvalue weighted by atomic mass is 32.2. The molecule has 28 heavy (non-hydrogen) atoms. The predicted molar refractivity (Wildman–Crippen MR) is 111 cm³/mol. The highest BCUT2D eigenvalue weighted by Crippen LogP contribution is 2.37. The number of hydrogen-bond donors (Lipinski definition) is 3. The number of aromatic nitrogens is 2. The average Bonchev–Trinajstić information content (AvgIpc) is 3.05. The van der Waals surface area contributed by atoms with Crippen molar-refractivity contribution in [3.8, 4) is 17.0 Å². The molecule has 0 aliphatic carbocycles. The third-order valence-electron chi connectivity index (χ3n) is 5.33. The van der Waals surface area contributed by atoms with E-state index in [1.165, 1.54) is 31.8 Å². The van der Waals surface area contributed by atoms with E-state index >= 15 is 0 Å². The lowest BCUT2D eigenvalue weighted by molar-refractivity contribution is -0.115. The number of phenols is 1. The summed E-state index contributed by atoms with van der Waals surface area (Å²) in [4.78, 5) is 11.3. The first-order valence-electron chi connectivity index (χ1n) is 9.60. The summed E-state index contributed by atoms with van der Waals surface area (Å²) < 4.78 is 0. The number of carbonyl (C=O) groups excluding carboxylic acids is 1. The molecule has 3 heterocycles. The molecule has 2 saturated heterocycles. The number of aromatic hydroxyl groups is 1. The maximum atomic E-state index is 11.3. The second-order valence-electron chi connectivity index (χ2n) is 7.33. The van der Waals surface area contributed by atoms with Crippen molar-refractivity contribution >= 4 is 23.7 Å². The summed E-state index contributed by atoms with van der Waals surface area (Å²) >= 11 is 1.81. The smallest absolute Gasteiger partial charge is 0.243 e. The SMILES string of the molecule is CNC(=O)/C=C/c1ccc(-c2ccc(SC3CC4CCC(C3)N4)nn2)c(O)c1. The van der Waals surface area contributed by atoms with Gasteiger partial charge in [-0.2, -0.15) is 0 Å². The van der Waals surface area contributed by atoms with E-state index in [1.807, 2.05) is 30.0 Å². The van der Waals surface area contributed by atoms with E-state index in [0.29, 0.717) is 28.6 Å². The Labute approximate surface area is 168 Å². The van der Waals surface area contributed by atoms with Crippen LogP contribution in [0.25, 0.3) is 17.3 Å². The van der Waals surface area contributed by atoms with Gasteiger partial charge < -0.3 is 15.7 Å². The molecule has 1 amide bonds. The standard InChI is InChI=1S/C21H24N4O2S/c1-22-20(27)8-3-13-2-6-17(19(26)10-13)18-7-9-21(25-24-18)28-16-11-14-4-5-15(12-16)23-14/h2-3,6-10,14-16,23,26H,4-5,11-12H2,1H3,(H,22,27)/b8-3+. The van der Waals surface area contributed by atoms with Crippen LogP contribution in [0.5, 0.6) is 5.75 Å². The van der Waals surface area contributed by atoms with Gasteiger partial charge in [-0.25, -0.2) is 0 Å². The lowest BCUT2D eigenvalue weighted by Crippen LogP contribution is -2.39. The van der Waals surface area contributed by atoms with E-state index in [-0.39, 0.29) is 11.7 Å². The number of thioether (sulfide) groups is 1. The molecule has 4 rings (SSSR count). The van der Waals surface area contributed by atoms with Crippen molar-refractivity contribution in [1.29, 1.82) is 0 Å². The van der Waals surface area contributed by atoms with Gasteiger partial charge in [-0.1, -0.05) is 6.07 Å². The van der Waals surface area contributed by atoms with E-state index in [1.54, 1.807) is 25.3 Å². The third-order valence-corrected chi connectivity index (χ3v) is 6.51. The van der Waals surface area contributed by atoms with Gasteiger partial charge in [0, 0.05) is 36.0 Å². The zero-order valence-electron chi connectivity index (χ0n) is 15.8. The Morgan fingerprint density at radius 1 is 1.21 bits per heavy atom. The molecule has 146 valence electrons. The van der Waals surface area contributed by atoms with Crippen LogP contribution >= 0.6 is 11.8 Å². The molecule has 2 fully saturated rings. The van der Waals surface area contributed by atoms with Crippen molar-refractivity contribution < 1.29 is 9.90 Å². The zero-order valence-corrected chi connectivity index (χ0v) is 16.6. The van der Waals surface area contributed by atoms with Crippen LogP contribution in [-0.2, 0) is 4.79 Å². The quantitative estimate of drug-likeness (QED) is 0.674. The first-order valence-corrected chi connectivity index (χ1v) is 10.5. The fourth-order valence-electron chi connectivity index (χ4n) is 3.92. The number of hydrogen-bond acceptors (Lipinski definition) is 6. The molecule has 2 bridgehead atoms. The molecule has 2 aliphatic heterocycles. The van der Waals surface area contributed by atoms with Crippen LogP contribution in [0.3, 0.4) is 0 Å². The summed E-state index contributed by atoms with van der Waals surface area (Å²) in [5.41, 5.74) is 2.00. The van der Waals surface area contributed by atoms with Crippen LogP contribution in [0.1, 0.15) is 31.2 Å². The Bertz CT molecular complexity index is 872. The fraction of sp³-hybridized carbons (Fsp3) is 0.381. The minimum Gasteiger partial charge on any atom is -0.507 e. The molecule has 3 N–H and O–H groups in total. The van der Waals surface area contributed by atoms with Crippen LogP contribution < -0.4 is 10.6 Å². The summed E-state index contributed by atoms with van der Waals surface area (Å²) in [6, 6.07) is 10.5. The van der Waals surface area contributed by atoms with Gasteiger partial charge in [-0.3, -0.25) is 4.79 Å². The molecule has 6 nitrogen and oxygen atoms in total. The van der Waals surface area contributed by atoms with Crippen molar-refractivity contribution in [2.45, 2.75) is 48.0 Å². The summed E-state index contributed by atoms with van der Waals surface area (Å²) in [5, 5.41) is 26.7. The van der Waals surface area contributed by atoms with E-state index in [9.17, 15) is 9.90 Å². The zero-order chi connectivity index (χ0) is 19.5. The Hall–Kier alpha value is -2.38. The normalized spacial score (nSPS) is 23.8. The van der Waals surface area contributed by atoms with Crippen LogP contribution in [0.4, 0.5) is 0 Å². The summed E-state index contributed by atoms with van der Waals surface area (Å²) in [5.74, 6) is -0.0760. The van der Waals surface area contributed by atoms with Gasteiger partial charge in [0.25, 0.3) is 0 Å². The number of fused-ring (bicyclic) bond motifs is 2. The number of rotatable bonds is 5. The maximum absolute atomic E-state index is 11.3. The van der Waals surface area contributed by atoms with Crippen LogP contribution in [-0.4, -0.2) is 45.6 Å². The minimum atomic E-state index is -0.190. The first kappa shape index (κ1) is 19.0. The number of piperidine rings is 1. The molecule has 2 aliphatic rings. The summed E-state index contributed by atoms with van der Waals surface area (Å²) in [6.07, 6.45) is 8.04. The number of amides is 1. The van der Waals surface area contributed by atoms with Crippen molar-refractivity contribution in [2.24, 2.45) is 0 Å². The highest BCUT2D eigenvalue weighted by molar-refractivity contribution is 7.99. The van der Waals surface area contributed by atoms with Crippen molar-refractivity contribution in [3.63, 3.8) is 0 Å². The monoisotopic (exact) mass is 396 g/mol. The fourth-order valence-corrected chi connectivity index (χ4v) is 5.16. The van der Waals surface area contributed by atoms with Crippen LogP contribution in [0.15, 0.2) is 41.4 Å². The molecular formula is C21H24N4O2S. The van der Waals surface area contributed by atoms with Crippen LogP contribution in [0, 0.1) is 0 Å².